The third-order valence-corrected chi connectivity index (χ3v) is 4.64. The SMILES string of the molecule is C[C@@H]1O[C@H](OC2[C@@H](O)[C@H](O)C(O)[C@H](O)[C@@H]2O)[C@@H](N)C[C@H]1N=C(N)C(=O)O. The summed E-state index contributed by atoms with van der Waals surface area (Å²) in [6, 6.07) is -1.46. The number of nitrogens with zero attached hydrogens (tertiary/aromatic N) is 1. The number of carbonyl (C=O) groups is 1. The summed E-state index contributed by atoms with van der Waals surface area (Å²) in [7, 11) is 0. The van der Waals surface area contributed by atoms with Crippen molar-refractivity contribution < 1.29 is 44.9 Å². The molecule has 1 saturated carbocycles. The highest BCUT2D eigenvalue weighted by atomic mass is 16.7. The van der Waals surface area contributed by atoms with Crippen LogP contribution in [0.3, 0.4) is 0 Å². The van der Waals surface area contributed by atoms with Crippen molar-refractivity contribution in [1.82, 2.24) is 0 Å². The minimum absolute atomic E-state index is 0.145. The number of amidine groups is 1. The highest BCUT2D eigenvalue weighted by Crippen LogP contribution is 2.29. The van der Waals surface area contributed by atoms with Gasteiger partial charge in [0.1, 0.15) is 36.6 Å². The summed E-state index contributed by atoms with van der Waals surface area (Å²) >= 11 is 0. The summed E-state index contributed by atoms with van der Waals surface area (Å²) in [6.45, 7) is 1.59. The molecule has 12 heteroatoms. The predicted octanol–water partition coefficient (Wildman–Crippen LogP) is -4.54. The topological polar surface area (TPSA) is 221 Å². The van der Waals surface area contributed by atoms with E-state index in [1.807, 2.05) is 0 Å². The van der Waals surface area contributed by atoms with Crippen molar-refractivity contribution in [2.45, 2.75) is 74.4 Å². The van der Waals surface area contributed by atoms with E-state index in [1.165, 1.54) is 0 Å². The summed E-state index contributed by atoms with van der Waals surface area (Å²) in [4.78, 5) is 14.6. The van der Waals surface area contributed by atoms with Crippen LogP contribution in [0, 0.1) is 0 Å². The maximum atomic E-state index is 10.8. The Kier molecular flexibility index (Phi) is 6.52. The Morgan fingerprint density at radius 3 is 2.08 bits per heavy atom. The van der Waals surface area contributed by atoms with Gasteiger partial charge in [0, 0.05) is 0 Å². The van der Waals surface area contributed by atoms with E-state index in [0.717, 1.165) is 0 Å². The Morgan fingerprint density at radius 2 is 1.58 bits per heavy atom. The van der Waals surface area contributed by atoms with E-state index in [0.29, 0.717) is 0 Å². The number of aliphatic imine (C=N–C) groups is 1. The van der Waals surface area contributed by atoms with Gasteiger partial charge >= 0.3 is 5.97 Å². The van der Waals surface area contributed by atoms with Gasteiger partial charge in [-0.2, -0.15) is 0 Å². The molecule has 2 fully saturated rings. The van der Waals surface area contributed by atoms with Crippen LogP contribution in [0.25, 0.3) is 0 Å². The van der Waals surface area contributed by atoms with Crippen LogP contribution in [0.5, 0.6) is 0 Å². The second-order valence-corrected chi connectivity index (χ2v) is 6.55. The second-order valence-electron chi connectivity index (χ2n) is 6.55. The van der Waals surface area contributed by atoms with Crippen molar-refractivity contribution >= 4 is 11.8 Å². The van der Waals surface area contributed by atoms with Crippen LogP contribution in [-0.2, 0) is 14.3 Å². The van der Waals surface area contributed by atoms with E-state index in [9.17, 15) is 30.3 Å². The molecule has 2 aliphatic rings. The molecule has 1 heterocycles. The lowest BCUT2D eigenvalue weighted by Crippen LogP contribution is -2.66. The summed E-state index contributed by atoms with van der Waals surface area (Å²) in [5, 5.41) is 57.8. The molecule has 12 nitrogen and oxygen atoms in total. The van der Waals surface area contributed by atoms with Crippen LogP contribution in [0.15, 0.2) is 4.99 Å². The minimum atomic E-state index is -1.74. The molecule has 26 heavy (non-hydrogen) atoms. The van der Waals surface area contributed by atoms with Crippen molar-refractivity contribution in [3.05, 3.63) is 0 Å². The van der Waals surface area contributed by atoms with Crippen LogP contribution in [0.4, 0.5) is 0 Å². The molecule has 1 aliphatic carbocycles. The molecule has 0 aromatic carbocycles. The summed E-state index contributed by atoms with van der Waals surface area (Å²) in [5.74, 6) is -1.96. The van der Waals surface area contributed by atoms with Crippen LogP contribution in [0.2, 0.25) is 0 Å². The Morgan fingerprint density at radius 1 is 1.08 bits per heavy atom. The average Bonchev–Trinajstić information content (AvgIpc) is 2.58. The fraction of sp³-hybridized carbons (Fsp3) is 0.857. The minimum Gasteiger partial charge on any atom is -0.475 e. The van der Waals surface area contributed by atoms with Crippen molar-refractivity contribution in [3.8, 4) is 0 Å². The van der Waals surface area contributed by atoms with Gasteiger partial charge in [-0.25, -0.2) is 4.79 Å². The molecule has 1 saturated heterocycles. The summed E-state index contributed by atoms with van der Waals surface area (Å²) in [6.07, 6.45) is -11.7. The van der Waals surface area contributed by atoms with E-state index >= 15 is 0 Å². The normalized spacial score (nSPS) is 47.6. The first-order chi connectivity index (χ1) is 12.0. The fourth-order valence-electron chi connectivity index (χ4n) is 3.02. The van der Waals surface area contributed by atoms with Crippen molar-refractivity contribution in [1.29, 1.82) is 0 Å². The van der Waals surface area contributed by atoms with Gasteiger partial charge in [-0.3, -0.25) is 4.99 Å². The number of aliphatic hydroxyl groups is 5. The molecule has 2 rings (SSSR count). The zero-order chi connectivity index (χ0) is 19.8. The monoisotopic (exact) mass is 379 g/mol. The lowest BCUT2D eigenvalue weighted by Gasteiger charge is -2.45. The standard InChI is InChI=1S/C14H25N3O9/c1-3-5(17-12(16)13(23)24)2-4(15)14(25-3)26-11-9(21)7(19)6(18)8(20)10(11)22/h3-11,14,18-22H,2,15H2,1H3,(H2,16,17)(H,23,24)/t3-,4-,5+,6?,7-,8+,9-,10-,11?,14+/m0/s1. The number of hydrogen-bond donors (Lipinski definition) is 8. The van der Waals surface area contributed by atoms with Crippen LogP contribution >= 0.6 is 0 Å². The highest BCUT2D eigenvalue weighted by Gasteiger charge is 2.50. The van der Waals surface area contributed by atoms with Crippen molar-refractivity contribution in [2.75, 3.05) is 0 Å². The number of aliphatic hydroxyl groups excluding tert-OH is 5. The molecule has 0 aromatic rings. The Balaban J connectivity index is 2.07. The Bertz CT molecular complexity index is 532. The number of carboxylic acids is 1. The van der Waals surface area contributed by atoms with Crippen LogP contribution in [0.1, 0.15) is 13.3 Å². The van der Waals surface area contributed by atoms with E-state index in [1.54, 1.807) is 6.92 Å². The largest absolute Gasteiger partial charge is 0.475 e. The summed E-state index contributed by atoms with van der Waals surface area (Å²) < 4.78 is 11.0. The molecule has 10 atom stereocenters. The first kappa shape index (κ1) is 20.9. The van der Waals surface area contributed by atoms with Gasteiger partial charge in [-0.05, 0) is 13.3 Å². The highest BCUT2D eigenvalue weighted by molar-refractivity contribution is 6.33. The number of nitrogens with two attached hydrogens (primary N) is 2. The lowest BCUT2D eigenvalue weighted by molar-refractivity contribution is -0.293. The zero-order valence-corrected chi connectivity index (χ0v) is 14.0. The third kappa shape index (κ3) is 4.13. The Hall–Kier alpha value is -1.38. The maximum absolute atomic E-state index is 10.8. The van der Waals surface area contributed by atoms with E-state index in [-0.39, 0.29) is 6.42 Å². The van der Waals surface area contributed by atoms with Gasteiger partial charge in [-0.15, -0.1) is 0 Å². The van der Waals surface area contributed by atoms with E-state index in [2.05, 4.69) is 4.99 Å². The summed E-state index contributed by atoms with van der Waals surface area (Å²) in [5.41, 5.74) is 11.2. The number of rotatable bonds is 3. The van der Waals surface area contributed by atoms with Gasteiger partial charge in [0.05, 0.1) is 18.2 Å². The number of hydrogen-bond acceptors (Lipinski definition) is 10. The molecule has 150 valence electrons. The van der Waals surface area contributed by atoms with Gasteiger partial charge in [-0.1, -0.05) is 0 Å². The molecule has 0 aromatic heterocycles. The molecule has 0 bridgehead atoms. The quantitative estimate of drug-likeness (QED) is 0.172. The van der Waals surface area contributed by atoms with Gasteiger partial charge < -0.3 is 51.6 Å². The van der Waals surface area contributed by atoms with E-state index in [4.69, 9.17) is 26.0 Å². The van der Waals surface area contributed by atoms with Crippen molar-refractivity contribution in [3.63, 3.8) is 0 Å². The fourth-order valence-corrected chi connectivity index (χ4v) is 3.02. The van der Waals surface area contributed by atoms with Crippen molar-refractivity contribution in [2.24, 2.45) is 16.5 Å². The molecular formula is C14H25N3O9. The zero-order valence-electron chi connectivity index (χ0n) is 14.0. The number of carboxylic acid groups (broad SMARTS) is 1. The Labute approximate surface area is 148 Å². The second kappa shape index (κ2) is 8.10. The molecular weight excluding hydrogens is 354 g/mol. The molecule has 0 radical (unpaired) electrons. The van der Waals surface area contributed by atoms with Gasteiger partial charge in [0.15, 0.2) is 6.29 Å². The lowest BCUT2D eigenvalue weighted by atomic mass is 9.84. The molecule has 0 spiro atoms. The first-order valence-electron chi connectivity index (χ1n) is 8.08. The van der Waals surface area contributed by atoms with Gasteiger partial charge in [0.2, 0.25) is 5.84 Å². The number of ether oxygens (including phenoxy) is 2. The smallest absolute Gasteiger partial charge is 0.370 e. The molecule has 10 N–H and O–H groups in total. The van der Waals surface area contributed by atoms with Gasteiger partial charge in [0.25, 0.3) is 0 Å². The third-order valence-electron chi connectivity index (χ3n) is 4.64. The van der Waals surface area contributed by atoms with E-state index < -0.39 is 72.9 Å². The number of aliphatic carboxylic acids is 1. The predicted molar refractivity (Wildman–Crippen MR) is 84.9 cm³/mol. The average molecular weight is 379 g/mol. The van der Waals surface area contributed by atoms with Crippen LogP contribution < -0.4 is 11.5 Å². The van der Waals surface area contributed by atoms with Crippen LogP contribution in [-0.4, -0.2) is 104 Å². The molecule has 0 amide bonds. The molecule has 1 aliphatic heterocycles. The molecule has 2 unspecified atom stereocenters. The maximum Gasteiger partial charge on any atom is 0.370 e. The first-order valence-corrected chi connectivity index (χ1v) is 8.08.